The highest BCUT2D eigenvalue weighted by Gasteiger charge is 2.21. The molecule has 0 bridgehead atoms. The lowest BCUT2D eigenvalue weighted by molar-refractivity contribution is 0.411. The average molecular weight is 240 g/mol. The van der Waals surface area contributed by atoms with Gasteiger partial charge in [0.2, 0.25) is 0 Å². The highest BCUT2D eigenvalue weighted by Crippen LogP contribution is 2.38. The van der Waals surface area contributed by atoms with Crippen LogP contribution in [-0.4, -0.2) is 20.2 Å². The Hall–Kier alpha value is -0.730. The quantitative estimate of drug-likeness (QED) is 0.856. The van der Waals surface area contributed by atoms with Gasteiger partial charge < -0.3 is 10.1 Å². The summed E-state index contributed by atoms with van der Waals surface area (Å²) in [5.41, 5.74) is 2.56. The fraction of sp³-hybridized carbons (Fsp3) is 0.538. The van der Waals surface area contributed by atoms with Crippen molar-refractivity contribution in [3.63, 3.8) is 0 Å². The molecule has 3 heteroatoms. The SMILES string of the molecule is COc1ccc(C)c(C2CCNCC2)c1Cl. The summed E-state index contributed by atoms with van der Waals surface area (Å²) < 4.78 is 5.28. The number of hydrogen-bond acceptors (Lipinski definition) is 2. The van der Waals surface area contributed by atoms with Crippen LogP contribution >= 0.6 is 11.6 Å². The number of ether oxygens (including phenoxy) is 1. The molecule has 1 heterocycles. The van der Waals surface area contributed by atoms with Crippen LogP contribution in [0.4, 0.5) is 0 Å². The fourth-order valence-electron chi connectivity index (χ4n) is 2.44. The van der Waals surface area contributed by atoms with Crippen molar-refractivity contribution in [3.05, 3.63) is 28.3 Å². The normalized spacial score (nSPS) is 17.4. The predicted molar refractivity (Wildman–Crippen MR) is 67.6 cm³/mol. The van der Waals surface area contributed by atoms with Crippen LogP contribution in [0, 0.1) is 6.92 Å². The maximum absolute atomic E-state index is 6.40. The van der Waals surface area contributed by atoms with Crippen molar-refractivity contribution in [1.29, 1.82) is 0 Å². The summed E-state index contributed by atoms with van der Waals surface area (Å²) in [7, 11) is 1.67. The van der Waals surface area contributed by atoms with Crippen molar-refractivity contribution in [2.24, 2.45) is 0 Å². The molecule has 0 aliphatic carbocycles. The zero-order chi connectivity index (χ0) is 11.5. The Morgan fingerprint density at radius 3 is 2.62 bits per heavy atom. The molecule has 16 heavy (non-hydrogen) atoms. The van der Waals surface area contributed by atoms with Gasteiger partial charge >= 0.3 is 0 Å². The number of piperidine rings is 1. The standard InChI is InChI=1S/C13H18ClNO/c1-9-3-4-11(16-2)13(14)12(9)10-5-7-15-8-6-10/h3-4,10,15H,5-8H2,1-2H3. The minimum atomic E-state index is 0.573. The molecule has 2 nitrogen and oxygen atoms in total. The maximum Gasteiger partial charge on any atom is 0.137 e. The van der Waals surface area contributed by atoms with Crippen LogP contribution in [0.3, 0.4) is 0 Å². The topological polar surface area (TPSA) is 21.3 Å². The van der Waals surface area contributed by atoms with Gasteiger partial charge in [-0.1, -0.05) is 17.7 Å². The molecule has 1 aliphatic heterocycles. The zero-order valence-electron chi connectivity index (χ0n) is 9.85. The van der Waals surface area contributed by atoms with Gasteiger partial charge in [-0.15, -0.1) is 0 Å². The summed E-state index contributed by atoms with van der Waals surface area (Å²) in [6, 6.07) is 4.05. The van der Waals surface area contributed by atoms with E-state index in [9.17, 15) is 0 Å². The van der Waals surface area contributed by atoms with Crippen LogP contribution in [0.1, 0.15) is 29.9 Å². The van der Waals surface area contributed by atoms with E-state index in [-0.39, 0.29) is 0 Å². The highest BCUT2D eigenvalue weighted by molar-refractivity contribution is 6.33. The number of benzene rings is 1. The molecule has 2 rings (SSSR count). The number of nitrogens with one attached hydrogen (secondary N) is 1. The van der Waals surface area contributed by atoms with Gasteiger partial charge in [-0.05, 0) is 56.0 Å². The van der Waals surface area contributed by atoms with Crippen molar-refractivity contribution in [2.45, 2.75) is 25.7 Å². The van der Waals surface area contributed by atoms with E-state index in [0.29, 0.717) is 5.92 Å². The number of aryl methyl sites for hydroxylation is 1. The van der Waals surface area contributed by atoms with Crippen LogP contribution in [0.5, 0.6) is 5.75 Å². The molecular weight excluding hydrogens is 222 g/mol. The number of hydrogen-bond donors (Lipinski definition) is 1. The van der Waals surface area contributed by atoms with E-state index in [1.54, 1.807) is 7.11 Å². The van der Waals surface area contributed by atoms with Crippen LogP contribution in [0.15, 0.2) is 12.1 Å². The molecule has 0 amide bonds. The van der Waals surface area contributed by atoms with Crippen molar-refractivity contribution in [2.75, 3.05) is 20.2 Å². The molecule has 0 radical (unpaired) electrons. The molecule has 1 aromatic rings. The van der Waals surface area contributed by atoms with E-state index in [0.717, 1.165) is 36.7 Å². The fourth-order valence-corrected chi connectivity index (χ4v) is 2.88. The monoisotopic (exact) mass is 239 g/mol. The van der Waals surface area contributed by atoms with Gasteiger partial charge in [-0.25, -0.2) is 0 Å². The Morgan fingerprint density at radius 2 is 2.00 bits per heavy atom. The van der Waals surface area contributed by atoms with Crippen LogP contribution in [0.25, 0.3) is 0 Å². The Balaban J connectivity index is 2.37. The maximum atomic E-state index is 6.40. The van der Waals surface area contributed by atoms with Crippen molar-refractivity contribution < 1.29 is 4.74 Å². The third-order valence-corrected chi connectivity index (χ3v) is 3.72. The van der Waals surface area contributed by atoms with E-state index in [4.69, 9.17) is 16.3 Å². The Kier molecular flexibility index (Phi) is 3.72. The first-order chi connectivity index (χ1) is 7.74. The van der Waals surface area contributed by atoms with Crippen molar-refractivity contribution in [1.82, 2.24) is 5.32 Å². The van der Waals surface area contributed by atoms with E-state index >= 15 is 0 Å². The molecule has 0 spiro atoms. The molecule has 1 saturated heterocycles. The molecule has 1 fully saturated rings. The van der Waals surface area contributed by atoms with Crippen molar-refractivity contribution >= 4 is 11.6 Å². The molecule has 0 atom stereocenters. The van der Waals surface area contributed by atoms with E-state index in [2.05, 4.69) is 18.3 Å². The smallest absolute Gasteiger partial charge is 0.137 e. The third kappa shape index (κ3) is 2.18. The van der Waals surface area contributed by atoms with Crippen LogP contribution < -0.4 is 10.1 Å². The molecule has 0 unspecified atom stereocenters. The summed E-state index contributed by atoms with van der Waals surface area (Å²) in [6.45, 7) is 4.29. The summed E-state index contributed by atoms with van der Waals surface area (Å²) in [5, 5.41) is 4.18. The van der Waals surface area contributed by atoms with Gasteiger partial charge in [0.1, 0.15) is 5.75 Å². The second kappa shape index (κ2) is 5.07. The van der Waals surface area contributed by atoms with Crippen LogP contribution in [-0.2, 0) is 0 Å². The average Bonchev–Trinajstić information content (AvgIpc) is 2.31. The lowest BCUT2D eigenvalue weighted by Gasteiger charge is -2.26. The first-order valence-electron chi connectivity index (χ1n) is 5.77. The van der Waals surface area contributed by atoms with Gasteiger partial charge in [-0.3, -0.25) is 0 Å². The molecular formula is C13H18ClNO. The van der Waals surface area contributed by atoms with E-state index in [1.165, 1.54) is 11.1 Å². The summed E-state index contributed by atoms with van der Waals surface area (Å²) in [4.78, 5) is 0. The van der Waals surface area contributed by atoms with E-state index in [1.807, 2.05) is 6.07 Å². The molecule has 1 N–H and O–H groups in total. The molecule has 88 valence electrons. The summed E-state index contributed by atoms with van der Waals surface area (Å²) in [5.74, 6) is 1.37. The molecule has 0 aromatic heterocycles. The third-order valence-electron chi connectivity index (χ3n) is 3.33. The van der Waals surface area contributed by atoms with Crippen LogP contribution in [0.2, 0.25) is 5.02 Å². The number of halogens is 1. The summed E-state index contributed by atoms with van der Waals surface area (Å²) >= 11 is 6.40. The van der Waals surface area contributed by atoms with E-state index < -0.39 is 0 Å². The van der Waals surface area contributed by atoms with Gasteiger partial charge in [-0.2, -0.15) is 0 Å². The van der Waals surface area contributed by atoms with Crippen molar-refractivity contribution in [3.8, 4) is 5.75 Å². The first-order valence-corrected chi connectivity index (χ1v) is 6.15. The number of rotatable bonds is 2. The van der Waals surface area contributed by atoms with Gasteiger partial charge in [0.15, 0.2) is 0 Å². The highest BCUT2D eigenvalue weighted by atomic mass is 35.5. The Labute approximate surface area is 102 Å². The Bertz CT molecular complexity index is 372. The molecule has 0 saturated carbocycles. The predicted octanol–water partition coefficient (Wildman–Crippen LogP) is 3.12. The molecule has 1 aliphatic rings. The number of methoxy groups -OCH3 is 1. The Morgan fingerprint density at radius 1 is 1.31 bits per heavy atom. The second-order valence-corrected chi connectivity index (χ2v) is 4.71. The van der Waals surface area contributed by atoms with Gasteiger partial charge in [0.05, 0.1) is 12.1 Å². The lowest BCUT2D eigenvalue weighted by atomic mass is 9.87. The minimum absolute atomic E-state index is 0.573. The zero-order valence-corrected chi connectivity index (χ0v) is 10.6. The second-order valence-electron chi connectivity index (χ2n) is 4.34. The minimum Gasteiger partial charge on any atom is -0.495 e. The molecule has 1 aromatic carbocycles. The first kappa shape index (κ1) is 11.7. The van der Waals surface area contributed by atoms with Gasteiger partial charge in [0.25, 0.3) is 0 Å². The summed E-state index contributed by atoms with van der Waals surface area (Å²) in [6.07, 6.45) is 2.32. The van der Waals surface area contributed by atoms with Gasteiger partial charge in [0, 0.05) is 0 Å². The lowest BCUT2D eigenvalue weighted by Crippen LogP contribution is -2.27. The largest absolute Gasteiger partial charge is 0.495 e.